The zero-order chi connectivity index (χ0) is 25.6. The summed E-state index contributed by atoms with van der Waals surface area (Å²) in [5, 5.41) is 2.90. The van der Waals surface area contributed by atoms with E-state index in [1.54, 1.807) is 24.0 Å². The molecule has 3 atom stereocenters. The molecular weight excluding hydrogens is 443 g/mol. The van der Waals surface area contributed by atoms with Crippen molar-refractivity contribution >= 4 is 11.8 Å². The minimum Gasteiger partial charge on any atom is -0.348 e. The molecule has 2 aromatic rings. The Hall–Kier alpha value is -2.87. The molecule has 0 saturated carbocycles. The summed E-state index contributed by atoms with van der Waals surface area (Å²) in [7, 11) is 0. The number of hydrogen-bond acceptors (Lipinski definition) is 3. The second kappa shape index (κ2) is 12.0. The maximum absolute atomic E-state index is 14.0. The Balaban J connectivity index is 0.00000199. The van der Waals surface area contributed by atoms with E-state index in [9.17, 15) is 22.8 Å². The van der Waals surface area contributed by atoms with Crippen molar-refractivity contribution in [1.29, 1.82) is 0 Å². The Morgan fingerprint density at radius 2 is 1.59 bits per heavy atom. The third-order valence-corrected chi connectivity index (χ3v) is 5.94. The number of nitrogens with one attached hydrogen (secondary N) is 1. The van der Waals surface area contributed by atoms with Crippen LogP contribution in [0, 0.1) is 23.4 Å². The van der Waals surface area contributed by atoms with E-state index in [4.69, 9.17) is 5.73 Å². The molecular formula is C26H34F3N3O2. The Bertz CT molecular complexity index is 996. The summed E-state index contributed by atoms with van der Waals surface area (Å²) in [4.78, 5) is 27.1. The van der Waals surface area contributed by atoms with E-state index in [1.807, 2.05) is 27.7 Å². The number of carbonyl (C=O) groups excluding carboxylic acids is 2. The molecule has 5 nitrogen and oxygen atoms in total. The summed E-state index contributed by atoms with van der Waals surface area (Å²) in [5.74, 6) is -3.76. The van der Waals surface area contributed by atoms with Crippen LogP contribution in [0.25, 0.3) is 11.1 Å². The normalized spacial score (nSPS) is 17.1. The van der Waals surface area contributed by atoms with Crippen LogP contribution in [-0.2, 0) is 9.59 Å². The van der Waals surface area contributed by atoms with Gasteiger partial charge in [0, 0.05) is 6.54 Å². The van der Waals surface area contributed by atoms with Crippen LogP contribution < -0.4 is 11.1 Å². The minimum atomic E-state index is -1.25. The van der Waals surface area contributed by atoms with Gasteiger partial charge in [-0.2, -0.15) is 0 Å². The Morgan fingerprint density at radius 1 is 1.00 bits per heavy atom. The van der Waals surface area contributed by atoms with Crippen LogP contribution in [0.3, 0.4) is 0 Å². The highest BCUT2D eigenvalue weighted by atomic mass is 19.2. The van der Waals surface area contributed by atoms with Crippen LogP contribution in [0.4, 0.5) is 13.2 Å². The molecule has 0 aliphatic carbocycles. The van der Waals surface area contributed by atoms with Gasteiger partial charge in [0.1, 0.15) is 11.9 Å². The first-order valence-electron chi connectivity index (χ1n) is 11.7. The number of amides is 2. The van der Waals surface area contributed by atoms with Gasteiger partial charge in [-0.05, 0) is 48.9 Å². The van der Waals surface area contributed by atoms with Gasteiger partial charge in [0.05, 0.1) is 17.6 Å². The molecule has 0 bridgehead atoms. The Morgan fingerprint density at radius 3 is 2.18 bits per heavy atom. The van der Waals surface area contributed by atoms with Crippen molar-refractivity contribution in [3.8, 4) is 11.1 Å². The first kappa shape index (κ1) is 27.4. The lowest BCUT2D eigenvalue weighted by atomic mass is 10.00. The van der Waals surface area contributed by atoms with Crippen LogP contribution in [0.15, 0.2) is 36.4 Å². The summed E-state index contributed by atoms with van der Waals surface area (Å²) in [6, 6.07) is 6.18. The third kappa shape index (κ3) is 5.97. The van der Waals surface area contributed by atoms with Crippen LogP contribution in [0.5, 0.6) is 0 Å². The van der Waals surface area contributed by atoms with Crippen molar-refractivity contribution in [2.75, 3.05) is 6.54 Å². The monoisotopic (exact) mass is 477 g/mol. The van der Waals surface area contributed by atoms with Crippen molar-refractivity contribution in [2.45, 2.75) is 65.6 Å². The number of likely N-dealkylation sites (tertiary alicyclic amines) is 1. The number of halogens is 3. The second-order valence-electron chi connectivity index (χ2n) is 8.53. The molecule has 1 aliphatic rings. The number of hydrogen-bond donors (Lipinski definition) is 2. The second-order valence-corrected chi connectivity index (χ2v) is 8.53. The van der Waals surface area contributed by atoms with Crippen molar-refractivity contribution in [2.24, 2.45) is 11.7 Å². The van der Waals surface area contributed by atoms with Gasteiger partial charge in [-0.15, -0.1) is 0 Å². The molecule has 1 heterocycles. The highest BCUT2D eigenvalue weighted by Crippen LogP contribution is 2.29. The highest BCUT2D eigenvalue weighted by molar-refractivity contribution is 5.90. The lowest BCUT2D eigenvalue weighted by Gasteiger charge is -2.29. The first-order valence-corrected chi connectivity index (χ1v) is 11.7. The van der Waals surface area contributed by atoms with E-state index in [-0.39, 0.29) is 23.3 Å². The van der Waals surface area contributed by atoms with Gasteiger partial charge in [-0.1, -0.05) is 52.0 Å². The molecule has 0 spiro atoms. The zero-order valence-corrected chi connectivity index (χ0v) is 20.4. The Kier molecular flexibility index (Phi) is 9.67. The topological polar surface area (TPSA) is 75.4 Å². The van der Waals surface area contributed by atoms with Gasteiger partial charge in [0.25, 0.3) is 0 Å². The summed E-state index contributed by atoms with van der Waals surface area (Å²) in [6.07, 6.45) is 1.29. The molecule has 1 aliphatic heterocycles. The van der Waals surface area contributed by atoms with Crippen LogP contribution in [0.2, 0.25) is 0 Å². The molecule has 0 radical (unpaired) electrons. The fourth-order valence-corrected chi connectivity index (χ4v) is 3.90. The lowest BCUT2D eigenvalue weighted by Crippen LogP contribution is -2.52. The SMILES string of the molecule is CC.CC(NC(=O)C1CCCN1C(=O)C(N)C(C)C)c1ccc(-c2c(F)ccc(F)c2F)cc1. The highest BCUT2D eigenvalue weighted by Gasteiger charge is 2.37. The predicted molar refractivity (Wildman–Crippen MR) is 127 cm³/mol. The summed E-state index contributed by atoms with van der Waals surface area (Å²) in [5.41, 5.74) is 6.45. The van der Waals surface area contributed by atoms with Crippen molar-refractivity contribution in [3.05, 3.63) is 59.4 Å². The first-order chi connectivity index (χ1) is 16.1. The van der Waals surface area contributed by atoms with Crippen LogP contribution in [-0.4, -0.2) is 35.3 Å². The molecule has 3 unspecified atom stereocenters. The van der Waals surface area contributed by atoms with Gasteiger partial charge in [-0.25, -0.2) is 13.2 Å². The molecule has 34 heavy (non-hydrogen) atoms. The predicted octanol–water partition coefficient (Wildman–Crippen LogP) is 4.95. The molecule has 1 fully saturated rings. The summed E-state index contributed by atoms with van der Waals surface area (Å²) < 4.78 is 41.6. The molecule has 0 aromatic heterocycles. The average Bonchev–Trinajstić information content (AvgIpc) is 3.32. The van der Waals surface area contributed by atoms with Crippen molar-refractivity contribution in [3.63, 3.8) is 0 Å². The maximum atomic E-state index is 14.0. The number of nitrogens with two attached hydrogens (primary N) is 1. The van der Waals surface area contributed by atoms with E-state index >= 15 is 0 Å². The van der Waals surface area contributed by atoms with Gasteiger partial charge in [-0.3, -0.25) is 9.59 Å². The molecule has 2 amide bonds. The molecule has 8 heteroatoms. The molecule has 2 aromatic carbocycles. The molecule has 3 N–H and O–H groups in total. The van der Waals surface area contributed by atoms with Gasteiger partial charge >= 0.3 is 0 Å². The number of nitrogens with zero attached hydrogens (tertiary/aromatic N) is 1. The van der Waals surface area contributed by atoms with Crippen LogP contribution in [0.1, 0.15) is 59.1 Å². The van der Waals surface area contributed by atoms with Gasteiger partial charge < -0.3 is 16.0 Å². The maximum Gasteiger partial charge on any atom is 0.243 e. The van der Waals surface area contributed by atoms with E-state index < -0.39 is 41.1 Å². The van der Waals surface area contributed by atoms with Gasteiger partial charge in [0.15, 0.2) is 11.6 Å². The fraction of sp³-hybridized carbons (Fsp3) is 0.462. The van der Waals surface area contributed by atoms with E-state index in [0.29, 0.717) is 18.5 Å². The Labute approximate surface area is 199 Å². The fourth-order valence-electron chi connectivity index (χ4n) is 3.90. The molecule has 1 saturated heterocycles. The number of rotatable bonds is 6. The van der Waals surface area contributed by atoms with E-state index in [1.165, 1.54) is 12.1 Å². The lowest BCUT2D eigenvalue weighted by molar-refractivity contribution is -0.140. The third-order valence-electron chi connectivity index (χ3n) is 5.94. The number of benzene rings is 2. The zero-order valence-electron chi connectivity index (χ0n) is 20.4. The standard InChI is InChI=1S/C24H28F3N3O2.C2H6/c1-13(2)22(28)24(32)30-12-4-5-19(30)23(31)29-14(3)15-6-8-16(9-7-15)20-17(25)10-11-18(26)21(20)27;1-2/h6-11,13-14,19,22H,4-5,12,28H2,1-3H3,(H,29,31);1-2H3. The average molecular weight is 478 g/mol. The number of carbonyl (C=O) groups is 2. The van der Waals surface area contributed by atoms with Crippen molar-refractivity contribution < 1.29 is 22.8 Å². The smallest absolute Gasteiger partial charge is 0.243 e. The summed E-state index contributed by atoms with van der Waals surface area (Å²) >= 11 is 0. The van der Waals surface area contributed by atoms with Crippen molar-refractivity contribution in [1.82, 2.24) is 10.2 Å². The molecule has 3 rings (SSSR count). The minimum absolute atomic E-state index is 0.0305. The summed E-state index contributed by atoms with van der Waals surface area (Å²) in [6.45, 7) is 9.99. The largest absolute Gasteiger partial charge is 0.348 e. The van der Waals surface area contributed by atoms with Crippen LogP contribution >= 0.6 is 0 Å². The van der Waals surface area contributed by atoms with E-state index in [0.717, 1.165) is 18.6 Å². The quantitative estimate of drug-likeness (QED) is 0.578. The van der Waals surface area contributed by atoms with Gasteiger partial charge in [0.2, 0.25) is 11.8 Å². The molecule has 186 valence electrons. The van der Waals surface area contributed by atoms with E-state index in [2.05, 4.69) is 5.32 Å².